The second-order valence-electron chi connectivity index (χ2n) is 6.83. The molecule has 4 rings (SSSR count). The number of ketones is 1. The van der Waals surface area contributed by atoms with E-state index in [1.807, 2.05) is 91.8 Å². The molecule has 2 aromatic heterocycles. The number of aromatic nitrogens is 3. The van der Waals surface area contributed by atoms with Gasteiger partial charge in [-0.05, 0) is 32.2 Å². The number of nitrogens with zero attached hydrogens (tertiary/aromatic N) is 3. The van der Waals surface area contributed by atoms with Gasteiger partial charge in [0.15, 0.2) is 5.78 Å². The summed E-state index contributed by atoms with van der Waals surface area (Å²) < 4.78 is 1.86. The number of hydrogen-bond acceptors (Lipinski definition) is 3. The van der Waals surface area contributed by atoms with E-state index < -0.39 is 0 Å². The molecule has 2 aromatic carbocycles. The monoisotopic (exact) mass is 358 g/mol. The van der Waals surface area contributed by atoms with E-state index in [9.17, 15) is 4.79 Å². The van der Waals surface area contributed by atoms with Crippen LogP contribution < -0.4 is 0 Å². The molecular weight excluding hydrogens is 336 g/mol. The number of fused-ring (bicyclic) bond motifs is 1. The summed E-state index contributed by atoms with van der Waals surface area (Å²) in [6, 6.07) is 17.7. The van der Waals surface area contributed by atoms with Crippen molar-refractivity contribution in [1.82, 2.24) is 19.7 Å². The first-order chi connectivity index (χ1) is 13.1. The van der Waals surface area contributed by atoms with Crippen molar-refractivity contribution < 1.29 is 4.79 Å². The number of benzene rings is 2. The number of nitrogens with one attached hydrogen (secondary N) is 1. The molecule has 0 spiro atoms. The number of carbonyl (C=O) groups excluding carboxylic acids is 1. The lowest BCUT2D eigenvalue weighted by atomic mass is 10.0. The molecule has 136 valence electrons. The van der Waals surface area contributed by atoms with Gasteiger partial charge in [-0.2, -0.15) is 5.10 Å². The molecule has 5 nitrogen and oxygen atoms in total. The predicted octanol–water partition coefficient (Wildman–Crippen LogP) is 4.06. The lowest BCUT2D eigenvalue weighted by molar-refractivity contribution is 0.0864. The summed E-state index contributed by atoms with van der Waals surface area (Å²) in [5.74, 6) is 0.116. The zero-order valence-electron chi connectivity index (χ0n) is 15.5. The summed E-state index contributed by atoms with van der Waals surface area (Å²) in [5.41, 5.74) is 3.82. The molecule has 1 atom stereocenters. The Morgan fingerprint density at radius 2 is 1.89 bits per heavy atom. The fraction of sp³-hybridized carbons (Fsp3) is 0.182. The number of rotatable bonds is 6. The molecule has 1 unspecified atom stereocenters. The second kappa shape index (κ2) is 7.21. The van der Waals surface area contributed by atoms with Gasteiger partial charge in [0.05, 0.1) is 17.9 Å². The molecule has 5 heteroatoms. The van der Waals surface area contributed by atoms with E-state index in [-0.39, 0.29) is 11.8 Å². The van der Waals surface area contributed by atoms with Crippen LogP contribution in [0.25, 0.3) is 16.6 Å². The molecule has 0 saturated carbocycles. The molecule has 0 aliphatic carbocycles. The lowest BCUT2D eigenvalue weighted by Gasteiger charge is -2.22. The largest absolute Gasteiger partial charge is 0.360 e. The van der Waals surface area contributed by atoms with Crippen LogP contribution in [0.1, 0.15) is 22.8 Å². The first kappa shape index (κ1) is 17.2. The van der Waals surface area contributed by atoms with Crippen LogP contribution in [0.5, 0.6) is 0 Å². The minimum atomic E-state index is -0.232. The average molecular weight is 358 g/mol. The molecule has 0 bridgehead atoms. The van der Waals surface area contributed by atoms with Gasteiger partial charge < -0.3 is 4.98 Å². The molecule has 0 saturated heterocycles. The molecular formula is C22H22N4O. The lowest BCUT2D eigenvalue weighted by Crippen LogP contribution is -2.35. The summed E-state index contributed by atoms with van der Waals surface area (Å²) in [7, 11) is 1.97. The van der Waals surface area contributed by atoms with Crippen LogP contribution in [0.4, 0.5) is 0 Å². The van der Waals surface area contributed by atoms with E-state index in [2.05, 4.69) is 15.0 Å². The predicted molar refractivity (Wildman–Crippen MR) is 107 cm³/mol. The van der Waals surface area contributed by atoms with E-state index in [4.69, 9.17) is 0 Å². The summed E-state index contributed by atoms with van der Waals surface area (Å²) in [6.45, 7) is 2.60. The van der Waals surface area contributed by atoms with Crippen molar-refractivity contribution in [1.29, 1.82) is 0 Å². The normalized spacial score (nSPS) is 12.6. The number of hydrogen-bond donors (Lipinski definition) is 1. The quantitative estimate of drug-likeness (QED) is 0.529. The Labute approximate surface area is 158 Å². The van der Waals surface area contributed by atoms with Crippen molar-refractivity contribution >= 4 is 16.7 Å². The second-order valence-corrected chi connectivity index (χ2v) is 6.83. The average Bonchev–Trinajstić information content (AvgIpc) is 3.34. The van der Waals surface area contributed by atoms with Crippen LogP contribution in [0.3, 0.4) is 0 Å². The Morgan fingerprint density at radius 1 is 1.15 bits per heavy atom. The Hall–Kier alpha value is -3.18. The molecule has 0 aliphatic rings. The number of likely N-dealkylation sites (N-methyl/N-ethyl adjacent to an activating group) is 1. The van der Waals surface area contributed by atoms with Gasteiger partial charge >= 0.3 is 0 Å². The Kier molecular flexibility index (Phi) is 4.60. The van der Waals surface area contributed by atoms with Crippen molar-refractivity contribution in [2.75, 3.05) is 7.05 Å². The minimum Gasteiger partial charge on any atom is -0.360 e. The van der Waals surface area contributed by atoms with Crippen molar-refractivity contribution in [3.05, 3.63) is 84.3 Å². The number of para-hydroxylation sites is 2. The van der Waals surface area contributed by atoms with Gasteiger partial charge in [0.2, 0.25) is 0 Å². The van der Waals surface area contributed by atoms with Gasteiger partial charge in [-0.3, -0.25) is 9.69 Å². The molecule has 4 aromatic rings. The zero-order chi connectivity index (χ0) is 18.8. The van der Waals surface area contributed by atoms with E-state index in [1.54, 1.807) is 0 Å². The van der Waals surface area contributed by atoms with E-state index in [1.165, 1.54) is 0 Å². The van der Waals surface area contributed by atoms with Crippen molar-refractivity contribution in [2.24, 2.45) is 0 Å². The van der Waals surface area contributed by atoms with Gasteiger partial charge in [0.25, 0.3) is 0 Å². The van der Waals surface area contributed by atoms with E-state index in [0.717, 1.165) is 27.7 Å². The van der Waals surface area contributed by atoms with Crippen molar-refractivity contribution in [3.8, 4) is 5.69 Å². The third kappa shape index (κ3) is 3.41. The van der Waals surface area contributed by atoms with Gasteiger partial charge in [-0.25, -0.2) is 4.68 Å². The first-order valence-corrected chi connectivity index (χ1v) is 9.03. The molecule has 27 heavy (non-hydrogen) atoms. The fourth-order valence-corrected chi connectivity index (χ4v) is 3.29. The third-order valence-electron chi connectivity index (χ3n) is 4.98. The highest BCUT2D eigenvalue weighted by atomic mass is 16.1. The van der Waals surface area contributed by atoms with Crippen molar-refractivity contribution in [2.45, 2.75) is 19.5 Å². The summed E-state index contributed by atoms with van der Waals surface area (Å²) in [6.07, 6.45) is 5.67. The minimum absolute atomic E-state index is 0.116. The van der Waals surface area contributed by atoms with Gasteiger partial charge in [0, 0.05) is 41.0 Å². The highest BCUT2D eigenvalue weighted by Crippen LogP contribution is 2.21. The van der Waals surface area contributed by atoms with Crippen molar-refractivity contribution in [3.63, 3.8) is 0 Å². The standard InChI is InChI=1S/C22H22N4O/c1-16(22(27)20-13-23-21-11-7-6-10-19(20)21)25(2)14-17-12-24-26(15-17)18-8-4-3-5-9-18/h3-13,15-16,23H,14H2,1-2H3. The Balaban J connectivity index is 1.49. The van der Waals surface area contributed by atoms with Crippen LogP contribution in [0.15, 0.2) is 73.2 Å². The smallest absolute Gasteiger partial charge is 0.181 e. The molecule has 0 aliphatic heterocycles. The van der Waals surface area contributed by atoms with E-state index in [0.29, 0.717) is 6.54 Å². The zero-order valence-corrected chi connectivity index (χ0v) is 15.5. The summed E-state index contributed by atoms with van der Waals surface area (Å²) >= 11 is 0. The van der Waals surface area contributed by atoms with Gasteiger partial charge in [-0.15, -0.1) is 0 Å². The number of Topliss-reactive ketones (excluding diaryl/α,β-unsaturated/α-hetero) is 1. The molecule has 0 fully saturated rings. The SMILES string of the molecule is CC(C(=O)c1c[nH]c2ccccc12)N(C)Cc1cnn(-c2ccccc2)c1. The van der Waals surface area contributed by atoms with Crippen LogP contribution in [0, 0.1) is 0 Å². The van der Waals surface area contributed by atoms with Crippen LogP contribution >= 0.6 is 0 Å². The molecule has 1 N–H and O–H groups in total. The number of aromatic amines is 1. The Bertz CT molecular complexity index is 1060. The summed E-state index contributed by atoms with van der Waals surface area (Å²) in [5, 5.41) is 5.41. The number of carbonyl (C=O) groups is 1. The molecule has 0 radical (unpaired) electrons. The highest BCUT2D eigenvalue weighted by molar-refractivity contribution is 6.10. The highest BCUT2D eigenvalue weighted by Gasteiger charge is 2.22. The topological polar surface area (TPSA) is 53.9 Å². The maximum Gasteiger partial charge on any atom is 0.181 e. The van der Waals surface area contributed by atoms with Crippen LogP contribution in [-0.2, 0) is 6.54 Å². The maximum atomic E-state index is 13.0. The fourth-order valence-electron chi connectivity index (χ4n) is 3.29. The van der Waals surface area contributed by atoms with E-state index >= 15 is 0 Å². The molecule has 2 heterocycles. The number of H-pyrrole nitrogens is 1. The van der Waals surface area contributed by atoms with Gasteiger partial charge in [0.1, 0.15) is 0 Å². The summed E-state index contributed by atoms with van der Waals surface area (Å²) in [4.78, 5) is 18.2. The van der Waals surface area contributed by atoms with Gasteiger partial charge in [-0.1, -0.05) is 36.4 Å². The Morgan fingerprint density at radius 3 is 2.70 bits per heavy atom. The molecule has 0 amide bonds. The van der Waals surface area contributed by atoms with Crippen LogP contribution in [-0.4, -0.2) is 38.5 Å². The first-order valence-electron chi connectivity index (χ1n) is 9.03. The maximum absolute atomic E-state index is 13.0. The third-order valence-corrected chi connectivity index (χ3v) is 4.98. The van der Waals surface area contributed by atoms with Crippen LogP contribution in [0.2, 0.25) is 0 Å².